The molecule has 1 unspecified atom stereocenters. The van der Waals surface area contributed by atoms with Crippen molar-refractivity contribution in [3.05, 3.63) is 52.6 Å². The van der Waals surface area contributed by atoms with Crippen molar-refractivity contribution in [2.45, 2.75) is 104 Å². The first-order valence-corrected chi connectivity index (χ1v) is 16.0. The monoisotopic (exact) mass is 622 g/mol. The van der Waals surface area contributed by atoms with Crippen LogP contribution in [0.25, 0.3) is 0 Å². The lowest BCUT2D eigenvalue weighted by Crippen LogP contribution is -2.56. The second kappa shape index (κ2) is 14.0. The molecule has 0 bridgehead atoms. The average molecular weight is 623 g/mol. The van der Waals surface area contributed by atoms with E-state index in [1.165, 1.54) is 0 Å². The minimum atomic E-state index is -0.785. The van der Waals surface area contributed by atoms with Crippen LogP contribution >= 0.6 is 0 Å². The molecule has 3 atom stereocenters. The molecular formula is C35H51BN2O7. The Morgan fingerprint density at radius 1 is 0.911 bits per heavy atom. The van der Waals surface area contributed by atoms with Crippen LogP contribution in [0.1, 0.15) is 76.6 Å². The minimum absolute atomic E-state index is 0.165. The highest BCUT2D eigenvalue weighted by atomic mass is 16.7. The summed E-state index contributed by atoms with van der Waals surface area (Å²) in [6, 6.07) is 8.96. The van der Waals surface area contributed by atoms with E-state index in [-0.39, 0.29) is 29.6 Å². The molecule has 9 nitrogen and oxygen atoms in total. The largest absolute Gasteiger partial charge is 0.496 e. The number of carbonyl (C=O) groups is 2. The van der Waals surface area contributed by atoms with Gasteiger partial charge < -0.3 is 34.2 Å². The Morgan fingerprint density at radius 2 is 1.51 bits per heavy atom. The Labute approximate surface area is 269 Å². The molecular weight excluding hydrogens is 571 g/mol. The SMILES string of the molecule is COc1c(C)c(OC)c(OC)c2c1CC(C(=O)N[C@@H](Cc1ccccc1)C(=O)N[C@@H](CC(C)C)B1OC(C)(C)C(C)(C)O1)CC2. The Hall–Kier alpha value is -3.24. The molecule has 1 fully saturated rings. The van der Waals surface area contributed by atoms with Crippen LogP contribution in [0.4, 0.5) is 0 Å². The highest BCUT2D eigenvalue weighted by Crippen LogP contribution is 2.47. The molecule has 45 heavy (non-hydrogen) atoms. The molecule has 2 aromatic rings. The van der Waals surface area contributed by atoms with Crippen LogP contribution in [0.3, 0.4) is 0 Å². The van der Waals surface area contributed by atoms with Crippen LogP contribution in [-0.2, 0) is 38.2 Å². The average Bonchev–Trinajstić information content (AvgIpc) is 3.21. The molecule has 0 radical (unpaired) electrons. The second-order valence-corrected chi connectivity index (χ2v) is 13.7. The van der Waals surface area contributed by atoms with Crippen molar-refractivity contribution in [1.29, 1.82) is 0 Å². The second-order valence-electron chi connectivity index (χ2n) is 13.7. The van der Waals surface area contributed by atoms with Crippen molar-refractivity contribution in [3.63, 3.8) is 0 Å². The summed E-state index contributed by atoms with van der Waals surface area (Å²) in [5.74, 6) is 1.17. The van der Waals surface area contributed by atoms with Crippen molar-refractivity contribution in [2.75, 3.05) is 21.3 Å². The van der Waals surface area contributed by atoms with E-state index in [1.807, 2.05) is 65.0 Å². The summed E-state index contributed by atoms with van der Waals surface area (Å²) in [4.78, 5) is 28.0. The summed E-state index contributed by atoms with van der Waals surface area (Å²) < 4.78 is 29.9. The van der Waals surface area contributed by atoms with Crippen molar-refractivity contribution >= 4 is 18.9 Å². The van der Waals surface area contributed by atoms with Crippen LogP contribution in [0, 0.1) is 18.8 Å². The Morgan fingerprint density at radius 3 is 2.07 bits per heavy atom. The number of ether oxygens (including phenoxy) is 3. The predicted octanol–water partition coefficient (Wildman–Crippen LogP) is 5.02. The van der Waals surface area contributed by atoms with E-state index in [2.05, 4.69) is 24.5 Å². The van der Waals surface area contributed by atoms with Crippen molar-refractivity contribution in [3.8, 4) is 17.2 Å². The molecule has 1 heterocycles. The lowest BCUT2D eigenvalue weighted by molar-refractivity contribution is -0.131. The van der Waals surface area contributed by atoms with Gasteiger partial charge in [-0.05, 0) is 71.8 Å². The normalized spacial score (nSPS) is 19.8. The zero-order valence-electron chi connectivity index (χ0n) is 28.7. The molecule has 0 saturated carbocycles. The maximum atomic E-state index is 14.0. The fourth-order valence-corrected chi connectivity index (χ4v) is 6.45. The van der Waals surface area contributed by atoms with Gasteiger partial charge in [-0.3, -0.25) is 9.59 Å². The van der Waals surface area contributed by atoms with E-state index in [1.54, 1.807) is 21.3 Å². The molecule has 246 valence electrons. The van der Waals surface area contributed by atoms with Crippen LogP contribution in [-0.4, -0.2) is 63.4 Å². The zero-order chi connectivity index (χ0) is 33.1. The highest BCUT2D eigenvalue weighted by Gasteiger charge is 2.54. The molecule has 2 N–H and O–H groups in total. The number of methoxy groups -OCH3 is 3. The van der Waals surface area contributed by atoms with Crippen LogP contribution in [0.15, 0.2) is 30.3 Å². The van der Waals surface area contributed by atoms with Crippen LogP contribution in [0.5, 0.6) is 17.2 Å². The summed E-state index contributed by atoms with van der Waals surface area (Å²) in [6.07, 6.45) is 2.71. The third-order valence-electron chi connectivity index (χ3n) is 9.54. The molecule has 1 aliphatic heterocycles. The Balaban J connectivity index is 1.58. The van der Waals surface area contributed by atoms with Gasteiger partial charge in [-0.2, -0.15) is 0 Å². The van der Waals surface area contributed by atoms with Gasteiger partial charge in [0.15, 0.2) is 11.5 Å². The lowest BCUT2D eigenvalue weighted by Gasteiger charge is -2.32. The number of hydrogen-bond donors (Lipinski definition) is 2. The summed E-state index contributed by atoms with van der Waals surface area (Å²) >= 11 is 0. The summed E-state index contributed by atoms with van der Waals surface area (Å²) in [6.45, 7) is 14.2. The Bertz CT molecular complexity index is 1350. The number of hydrogen-bond acceptors (Lipinski definition) is 7. The van der Waals surface area contributed by atoms with Gasteiger partial charge in [0.05, 0.1) is 38.5 Å². The van der Waals surface area contributed by atoms with E-state index in [4.69, 9.17) is 23.5 Å². The van der Waals surface area contributed by atoms with Crippen molar-refractivity contribution in [2.24, 2.45) is 11.8 Å². The van der Waals surface area contributed by atoms with Gasteiger partial charge in [-0.15, -0.1) is 0 Å². The number of fused-ring (bicyclic) bond motifs is 1. The first kappa shape index (κ1) is 34.6. The molecule has 0 spiro atoms. The van der Waals surface area contributed by atoms with Crippen molar-refractivity contribution in [1.82, 2.24) is 10.6 Å². The molecule has 4 rings (SSSR count). The van der Waals surface area contributed by atoms with Crippen LogP contribution in [0.2, 0.25) is 0 Å². The Kier molecular flexibility index (Phi) is 10.8. The van der Waals surface area contributed by atoms with Crippen molar-refractivity contribution < 1.29 is 33.1 Å². The standard InChI is InChI=1S/C35H51BN2O7/c1-21(2)18-28(36-44-34(4,5)35(6,7)45-36)38-33(40)27(19-23-14-12-11-13-15-23)37-32(39)24-16-17-25-26(20-24)29(41-8)22(3)30(42-9)31(25)43-10/h11-15,21,24,27-28H,16-20H2,1-10H3,(H,37,39)(H,38,40)/t24?,27-,28-/m0/s1. The van der Waals surface area contributed by atoms with Gasteiger partial charge in [0, 0.05) is 29.0 Å². The van der Waals surface area contributed by atoms with Gasteiger partial charge in [0.2, 0.25) is 11.8 Å². The molecule has 10 heteroatoms. The molecule has 2 amide bonds. The van der Waals surface area contributed by atoms with E-state index in [0.29, 0.717) is 49.4 Å². The van der Waals surface area contributed by atoms with Gasteiger partial charge in [-0.1, -0.05) is 44.2 Å². The first-order chi connectivity index (χ1) is 21.2. The zero-order valence-corrected chi connectivity index (χ0v) is 28.7. The number of rotatable bonds is 12. The minimum Gasteiger partial charge on any atom is -0.496 e. The van der Waals surface area contributed by atoms with Gasteiger partial charge >= 0.3 is 7.12 Å². The summed E-state index contributed by atoms with van der Waals surface area (Å²) in [7, 11) is 4.27. The fraction of sp³-hybridized carbons (Fsp3) is 0.600. The highest BCUT2D eigenvalue weighted by molar-refractivity contribution is 6.48. The number of amides is 2. The summed E-state index contributed by atoms with van der Waals surface area (Å²) in [5.41, 5.74) is 2.67. The van der Waals surface area contributed by atoms with E-state index in [0.717, 1.165) is 22.3 Å². The van der Waals surface area contributed by atoms with E-state index in [9.17, 15) is 9.59 Å². The number of benzene rings is 2. The fourth-order valence-electron chi connectivity index (χ4n) is 6.45. The predicted molar refractivity (Wildman–Crippen MR) is 176 cm³/mol. The first-order valence-electron chi connectivity index (χ1n) is 16.0. The van der Waals surface area contributed by atoms with Gasteiger partial charge in [0.1, 0.15) is 11.8 Å². The number of carbonyl (C=O) groups excluding carboxylic acids is 2. The molecule has 1 saturated heterocycles. The van der Waals surface area contributed by atoms with Gasteiger partial charge in [-0.25, -0.2) is 0 Å². The molecule has 1 aliphatic carbocycles. The van der Waals surface area contributed by atoms with E-state index >= 15 is 0 Å². The molecule has 2 aliphatic rings. The third kappa shape index (κ3) is 7.44. The van der Waals surface area contributed by atoms with Crippen LogP contribution < -0.4 is 24.8 Å². The van der Waals surface area contributed by atoms with Gasteiger partial charge in [0.25, 0.3) is 0 Å². The topological polar surface area (TPSA) is 104 Å². The summed E-state index contributed by atoms with van der Waals surface area (Å²) in [5, 5.41) is 6.33. The lowest BCUT2D eigenvalue weighted by atomic mass is 9.73. The maximum absolute atomic E-state index is 14.0. The molecule has 2 aromatic carbocycles. The number of nitrogens with one attached hydrogen (secondary N) is 2. The molecule has 0 aromatic heterocycles. The maximum Gasteiger partial charge on any atom is 0.481 e. The smallest absolute Gasteiger partial charge is 0.481 e. The van der Waals surface area contributed by atoms with E-state index < -0.39 is 24.4 Å². The third-order valence-corrected chi connectivity index (χ3v) is 9.54. The quantitative estimate of drug-likeness (QED) is 0.321.